The van der Waals surface area contributed by atoms with Crippen molar-refractivity contribution in [1.82, 2.24) is 15.1 Å². The molecule has 0 saturated carbocycles. The molecule has 0 spiro atoms. The molecule has 2 aromatic carbocycles. The van der Waals surface area contributed by atoms with Crippen LogP contribution in [0, 0.1) is 13.8 Å². The first kappa shape index (κ1) is 20.8. The van der Waals surface area contributed by atoms with Crippen molar-refractivity contribution in [3.63, 3.8) is 0 Å². The summed E-state index contributed by atoms with van der Waals surface area (Å²) in [5.74, 6) is -0.198. The molecule has 3 aromatic rings. The molecule has 0 atom stereocenters. The van der Waals surface area contributed by atoms with Crippen LogP contribution in [0.1, 0.15) is 33.6 Å². The summed E-state index contributed by atoms with van der Waals surface area (Å²) in [7, 11) is -3.21. The molecule has 3 rings (SSSR count). The maximum Gasteiger partial charge on any atom is 0.254 e. The van der Waals surface area contributed by atoms with Crippen LogP contribution >= 0.6 is 0 Å². The van der Waals surface area contributed by atoms with E-state index in [0.29, 0.717) is 18.5 Å². The monoisotopic (exact) mass is 411 g/mol. The summed E-state index contributed by atoms with van der Waals surface area (Å²) < 4.78 is 26.2. The van der Waals surface area contributed by atoms with Crippen LogP contribution in [0.25, 0.3) is 5.69 Å². The lowest BCUT2D eigenvalue weighted by atomic mass is 10.2. The second-order valence-electron chi connectivity index (χ2n) is 7.03. The number of benzene rings is 2. The average Bonchev–Trinajstić information content (AvgIpc) is 3.07. The van der Waals surface area contributed by atoms with Gasteiger partial charge in [0.05, 0.1) is 34.6 Å². The van der Waals surface area contributed by atoms with E-state index < -0.39 is 9.84 Å². The Morgan fingerprint density at radius 3 is 2.45 bits per heavy atom. The SMILES string of the molecule is Cc1ccccc1-n1ncc(C(=O)NCCCS(=O)(=O)Cc2ccccc2)c1C. The zero-order valence-corrected chi connectivity index (χ0v) is 17.4. The average molecular weight is 412 g/mol. The number of carbonyl (C=O) groups excluding carboxylic acids is 1. The van der Waals surface area contributed by atoms with Crippen molar-refractivity contribution in [3.8, 4) is 5.69 Å². The van der Waals surface area contributed by atoms with Crippen LogP contribution in [0.5, 0.6) is 0 Å². The fourth-order valence-corrected chi connectivity index (χ4v) is 4.59. The van der Waals surface area contributed by atoms with E-state index in [0.717, 1.165) is 22.5 Å². The first-order valence-corrected chi connectivity index (χ1v) is 11.3. The first-order valence-electron chi connectivity index (χ1n) is 9.50. The van der Waals surface area contributed by atoms with Crippen LogP contribution in [0.2, 0.25) is 0 Å². The zero-order chi connectivity index (χ0) is 20.9. The minimum Gasteiger partial charge on any atom is -0.352 e. The van der Waals surface area contributed by atoms with E-state index in [2.05, 4.69) is 10.4 Å². The molecule has 1 heterocycles. The summed E-state index contributed by atoms with van der Waals surface area (Å²) in [6.07, 6.45) is 1.91. The van der Waals surface area contributed by atoms with Gasteiger partial charge in [0.15, 0.2) is 9.84 Å². The van der Waals surface area contributed by atoms with Gasteiger partial charge in [-0.15, -0.1) is 0 Å². The van der Waals surface area contributed by atoms with Gasteiger partial charge in [0.2, 0.25) is 0 Å². The van der Waals surface area contributed by atoms with E-state index in [-0.39, 0.29) is 17.4 Å². The Kier molecular flexibility index (Phi) is 6.49. The van der Waals surface area contributed by atoms with Crippen LogP contribution in [0.15, 0.2) is 60.8 Å². The van der Waals surface area contributed by atoms with Gasteiger partial charge >= 0.3 is 0 Å². The van der Waals surface area contributed by atoms with Crippen molar-refractivity contribution in [2.75, 3.05) is 12.3 Å². The number of aryl methyl sites for hydroxylation is 1. The van der Waals surface area contributed by atoms with Gasteiger partial charge in [0.25, 0.3) is 5.91 Å². The largest absolute Gasteiger partial charge is 0.352 e. The van der Waals surface area contributed by atoms with Crippen molar-refractivity contribution in [1.29, 1.82) is 0 Å². The fraction of sp³-hybridized carbons (Fsp3) is 0.273. The predicted molar refractivity (Wildman–Crippen MR) is 114 cm³/mol. The Hall–Kier alpha value is -2.93. The Morgan fingerprint density at radius 1 is 1.03 bits per heavy atom. The molecule has 0 aliphatic heterocycles. The molecule has 152 valence electrons. The van der Waals surface area contributed by atoms with Gasteiger partial charge < -0.3 is 5.32 Å². The molecule has 0 aliphatic carbocycles. The lowest BCUT2D eigenvalue weighted by Gasteiger charge is -2.09. The quantitative estimate of drug-likeness (QED) is 0.577. The van der Waals surface area contributed by atoms with Gasteiger partial charge in [-0.1, -0.05) is 48.5 Å². The Labute approximate surface area is 171 Å². The van der Waals surface area contributed by atoms with E-state index in [1.807, 2.05) is 56.3 Å². The smallest absolute Gasteiger partial charge is 0.254 e. The maximum absolute atomic E-state index is 12.5. The lowest BCUT2D eigenvalue weighted by molar-refractivity contribution is 0.0953. The highest BCUT2D eigenvalue weighted by Crippen LogP contribution is 2.17. The van der Waals surface area contributed by atoms with Crippen molar-refractivity contribution >= 4 is 15.7 Å². The molecule has 1 N–H and O–H groups in total. The van der Waals surface area contributed by atoms with Gasteiger partial charge in [-0.25, -0.2) is 13.1 Å². The van der Waals surface area contributed by atoms with E-state index in [1.54, 1.807) is 23.0 Å². The number of nitrogens with one attached hydrogen (secondary N) is 1. The van der Waals surface area contributed by atoms with E-state index in [9.17, 15) is 13.2 Å². The number of hydrogen-bond acceptors (Lipinski definition) is 4. The lowest BCUT2D eigenvalue weighted by Crippen LogP contribution is -2.26. The highest BCUT2D eigenvalue weighted by Gasteiger charge is 2.16. The molecule has 0 unspecified atom stereocenters. The molecule has 0 saturated heterocycles. The number of para-hydroxylation sites is 1. The number of nitrogens with zero attached hydrogens (tertiary/aromatic N) is 2. The summed E-state index contributed by atoms with van der Waals surface area (Å²) in [4.78, 5) is 12.5. The third-order valence-corrected chi connectivity index (χ3v) is 6.43. The normalized spacial score (nSPS) is 11.4. The number of amides is 1. The summed E-state index contributed by atoms with van der Waals surface area (Å²) in [6, 6.07) is 16.9. The standard InChI is InChI=1S/C22H25N3O3S/c1-17-9-6-7-12-21(17)25-18(2)20(15-24-25)22(26)23-13-8-14-29(27,28)16-19-10-4-3-5-11-19/h3-7,9-12,15H,8,13-14,16H2,1-2H3,(H,23,26). The second-order valence-corrected chi connectivity index (χ2v) is 9.21. The van der Waals surface area contributed by atoms with E-state index >= 15 is 0 Å². The minimum atomic E-state index is -3.21. The minimum absolute atomic E-state index is 0.0179. The molecule has 29 heavy (non-hydrogen) atoms. The molecule has 0 bridgehead atoms. The predicted octanol–water partition coefficient (Wildman–Crippen LogP) is 3.22. The van der Waals surface area contributed by atoms with Gasteiger partial charge in [-0.3, -0.25) is 4.79 Å². The third kappa shape index (κ3) is 5.32. The molecule has 1 aromatic heterocycles. The van der Waals surface area contributed by atoms with Crippen LogP contribution in [-0.2, 0) is 15.6 Å². The maximum atomic E-state index is 12.5. The molecule has 1 amide bonds. The van der Waals surface area contributed by atoms with Crippen molar-refractivity contribution in [2.45, 2.75) is 26.0 Å². The van der Waals surface area contributed by atoms with Crippen molar-refractivity contribution in [3.05, 3.63) is 83.2 Å². The number of aromatic nitrogens is 2. The van der Waals surface area contributed by atoms with Gasteiger partial charge in [-0.05, 0) is 37.5 Å². The number of rotatable bonds is 8. The molecular weight excluding hydrogens is 386 g/mol. The van der Waals surface area contributed by atoms with Gasteiger partial charge in [0, 0.05) is 6.54 Å². The number of sulfone groups is 1. The molecule has 0 aliphatic rings. The molecule has 7 heteroatoms. The van der Waals surface area contributed by atoms with E-state index in [4.69, 9.17) is 0 Å². The molecule has 0 fully saturated rings. The van der Waals surface area contributed by atoms with Gasteiger partial charge in [-0.2, -0.15) is 5.10 Å². The highest BCUT2D eigenvalue weighted by atomic mass is 32.2. The summed E-state index contributed by atoms with van der Waals surface area (Å²) in [5, 5.41) is 7.14. The Morgan fingerprint density at radius 2 is 1.72 bits per heavy atom. The first-order chi connectivity index (χ1) is 13.9. The highest BCUT2D eigenvalue weighted by molar-refractivity contribution is 7.90. The van der Waals surface area contributed by atoms with Crippen LogP contribution in [0.4, 0.5) is 0 Å². The Balaban J connectivity index is 1.55. The third-order valence-electron chi connectivity index (χ3n) is 4.75. The van der Waals surface area contributed by atoms with Crippen LogP contribution < -0.4 is 5.32 Å². The summed E-state index contributed by atoms with van der Waals surface area (Å²) >= 11 is 0. The van der Waals surface area contributed by atoms with Crippen molar-refractivity contribution < 1.29 is 13.2 Å². The van der Waals surface area contributed by atoms with Crippen LogP contribution in [-0.4, -0.2) is 36.4 Å². The number of hydrogen-bond donors (Lipinski definition) is 1. The number of carbonyl (C=O) groups is 1. The van der Waals surface area contributed by atoms with Crippen molar-refractivity contribution in [2.24, 2.45) is 0 Å². The Bertz CT molecular complexity index is 1090. The summed E-state index contributed by atoms with van der Waals surface area (Å²) in [6.45, 7) is 4.13. The zero-order valence-electron chi connectivity index (χ0n) is 16.6. The van der Waals surface area contributed by atoms with Gasteiger partial charge in [0.1, 0.15) is 0 Å². The topological polar surface area (TPSA) is 81.1 Å². The van der Waals surface area contributed by atoms with Crippen LogP contribution in [0.3, 0.4) is 0 Å². The molecule has 0 radical (unpaired) electrons. The molecule has 6 nitrogen and oxygen atoms in total. The van der Waals surface area contributed by atoms with E-state index in [1.165, 1.54) is 0 Å². The second kappa shape index (κ2) is 9.05. The fourth-order valence-electron chi connectivity index (χ4n) is 3.17. The summed E-state index contributed by atoms with van der Waals surface area (Å²) in [5.41, 5.74) is 4.00. The molecular formula is C22H25N3O3S.